The van der Waals surface area contributed by atoms with Crippen molar-refractivity contribution in [3.8, 4) is 0 Å². The number of rotatable bonds is 1. The fourth-order valence-corrected chi connectivity index (χ4v) is 3.52. The van der Waals surface area contributed by atoms with Crippen molar-refractivity contribution in [2.24, 2.45) is 5.41 Å². The minimum absolute atomic E-state index is 0.201. The molecule has 0 saturated carbocycles. The van der Waals surface area contributed by atoms with Crippen molar-refractivity contribution < 1.29 is 4.79 Å². The highest BCUT2D eigenvalue weighted by atomic mass is 127. The number of thiophene rings is 1. The third-order valence-corrected chi connectivity index (χ3v) is 4.79. The lowest BCUT2D eigenvalue weighted by molar-refractivity contribution is 0.0584. The summed E-state index contributed by atoms with van der Waals surface area (Å²) in [6.45, 7) is 6.28. The van der Waals surface area contributed by atoms with Crippen molar-refractivity contribution in [1.82, 2.24) is 4.90 Å². The maximum Gasteiger partial charge on any atom is 0.254 e. The molecule has 1 aliphatic heterocycles. The van der Waals surface area contributed by atoms with Crippen LogP contribution >= 0.6 is 33.9 Å². The molecule has 1 saturated heterocycles. The number of hydrogen-bond acceptors (Lipinski definition) is 2. The Morgan fingerprint density at radius 1 is 1.56 bits per heavy atom. The largest absolute Gasteiger partial charge is 0.338 e. The fourth-order valence-electron chi connectivity index (χ4n) is 2.20. The van der Waals surface area contributed by atoms with E-state index < -0.39 is 0 Å². The Morgan fingerprint density at radius 2 is 2.31 bits per heavy atom. The molecule has 2 nitrogen and oxygen atoms in total. The second-order valence-corrected chi connectivity index (χ2v) is 7.94. The third-order valence-electron chi connectivity index (χ3n) is 3.00. The highest BCUT2D eigenvalue weighted by Crippen LogP contribution is 2.29. The molecule has 16 heavy (non-hydrogen) atoms. The zero-order valence-corrected chi connectivity index (χ0v) is 12.6. The van der Waals surface area contributed by atoms with Crippen LogP contribution in [0.15, 0.2) is 11.4 Å². The van der Waals surface area contributed by atoms with Gasteiger partial charge in [-0.25, -0.2) is 0 Å². The summed E-state index contributed by atoms with van der Waals surface area (Å²) in [4.78, 5) is 14.2. The smallest absolute Gasteiger partial charge is 0.254 e. The predicted molar refractivity (Wildman–Crippen MR) is 76.0 cm³/mol. The average molecular weight is 349 g/mol. The van der Waals surface area contributed by atoms with E-state index in [2.05, 4.69) is 36.4 Å². The van der Waals surface area contributed by atoms with Crippen LogP contribution in [0, 0.1) is 8.30 Å². The predicted octanol–water partition coefficient (Wildman–Crippen LogP) is 3.61. The van der Waals surface area contributed by atoms with Gasteiger partial charge in [-0.3, -0.25) is 4.79 Å². The molecule has 0 bridgehead atoms. The number of carbonyl (C=O) groups excluding carboxylic acids is 1. The Labute approximate surface area is 114 Å². The molecule has 0 unspecified atom stereocenters. The Morgan fingerprint density at radius 3 is 2.88 bits per heavy atom. The fraction of sp³-hybridized carbons (Fsp3) is 0.583. The quantitative estimate of drug-likeness (QED) is 0.710. The number of amides is 1. The van der Waals surface area contributed by atoms with Crippen molar-refractivity contribution in [3.05, 3.63) is 19.9 Å². The first-order valence-electron chi connectivity index (χ1n) is 5.51. The molecule has 0 aliphatic carbocycles. The second-order valence-electron chi connectivity index (χ2n) is 5.13. The van der Waals surface area contributed by atoms with Gasteiger partial charge in [-0.2, -0.15) is 0 Å². The molecular formula is C12H16INOS. The normalized spacial score (nSPS) is 19.8. The molecule has 1 aromatic heterocycles. The number of hydrogen-bond donors (Lipinski definition) is 0. The van der Waals surface area contributed by atoms with Gasteiger partial charge in [0, 0.05) is 18.5 Å². The lowest BCUT2D eigenvalue weighted by atomic mass is 9.84. The van der Waals surface area contributed by atoms with Gasteiger partial charge in [0.05, 0.1) is 8.45 Å². The van der Waals surface area contributed by atoms with E-state index in [0.29, 0.717) is 0 Å². The first-order valence-corrected chi connectivity index (χ1v) is 7.47. The van der Waals surface area contributed by atoms with Crippen LogP contribution in [0.25, 0.3) is 0 Å². The summed E-state index contributed by atoms with van der Waals surface area (Å²) in [5, 5.41) is 1.96. The molecule has 1 aromatic rings. The van der Waals surface area contributed by atoms with Gasteiger partial charge in [0.1, 0.15) is 0 Å². The minimum atomic E-state index is 0.201. The molecule has 4 heteroatoms. The molecule has 2 rings (SSSR count). The van der Waals surface area contributed by atoms with Crippen LogP contribution in [0.1, 0.15) is 37.0 Å². The van der Waals surface area contributed by atoms with E-state index in [-0.39, 0.29) is 11.3 Å². The average Bonchev–Trinajstić information content (AvgIpc) is 2.62. The lowest BCUT2D eigenvalue weighted by Crippen LogP contribution is -2.43. The monoisotopic (exact) mass is 349 g/mol. The second kappa shape index (κ2) is 4.64. The van der Waals surface area contributed by atoms with Crippen LogP contribution in [0.2, 0.25) is 0 Å². The van der Waals surface area contributed by atoms with Gasteiger partial charge in [0.25, 0.3) is 5.91 Å². The van der Waals surface area contributed by atoms with Gasteiger partial charge < -0.3 is 4.90 Å². The van der Waals surface area contributed by atoms with Crippen molar-refractivity contribution in [2.75, 3.05) is 13.1 Å². The minimum Gasteiger partial charge on any atom is -0.338 e. The van der Waals surface area contributed by atoms with E-state index in [0.717, 1.165) is 25.1 Å². The Balaban J connectivity index is 2.10. The zero-order chi connectivity index (χ0) is 11.8. The first-order chi connectivity index (χ1) is 7.48. The summed E-state index contributed by atoms with van der Waals surface area (Å²) >= 11 is 3.90. The van der Waals surface area contributed by atoms with Crippen molar-refractivity contribution >= 4 is 39.8 Å². The van der Waals surface area contributed by atoms with Crippen LogP contribution in [-0.2, 0) is 0 Å². The van der Waals surface area contributed by atoms with Crippen LogP contribution in [0.5, 0.6) is 0 Å². The molecule has 0 spiro atoms. The van der Waals surface area contributed by atoms with Gasteiger partial charge in [-0.05, 0) is 46.9 Å². The summed E-state index contributed by atoms with van der Waals surface area (Å²) in [6, 6.07) is 1.98. The summed E-state index contributed by atoms with van der Waals surface area (Å²) < 4.78 is 1.18. The molecule has 1 amide bonds. The SMILES string of the molecule is CC1(C)CCCN(C(=O)c2csc(I)c2)C1. The molecule has 0 aromatic carbocycles. The van der Waals surface area contributed by atoms with E-state index in [1.807, 2.05) is 16.3 Å². The molecule has 0 atom stereocenters. The highest BCUT2D eigenvalue weighted by Gasteiger charge is 2.29. The van der Waals surface area contributed by atoms with Gasteiger partial charge in [-0.15, -0.1) is 11.3 Å². The Hall–Kier alpha value is -0.100. The summed E-state index contributed by atoms with van der Waals surface area (Å²) in [5.41, 5.74) is 1.13. The Kier molecular flexibility index (Phi) is 3.59. The molecule has 1 fully saturated rings. The van der Waals surface area contributed by atoms with Gasteiger partial charge in [0.2, 0.25) is 0 Å². The van der Waals surface area contributed by atoms with Gasteiger partial charge in [0.15, 0.2) is 0 Å². The zero-order valence-electron chi connectivity index (χ0n) is 9.62. The topological polar surface area (TPSA) is 20.3 Å². The van der Waals surface area contributed by atoms with E-state index in [4.69, 9.17) is 0 Å². The van der Waals surface area contributed by atoms with E-state index in [9.17, 15) is 4.79 Å². The van der Waals surface area contributed by atoms with Crippen molar-refractivity contribution in [1.29, 1.82) is 0 Å². The number of halogens is 1. The number of piperidine rings is 1. The molecule has 0 radical (unpaired) electrons. The van der Waals surface area contributed by atoms with Gasteiger partial charge in [-0.1, -0.05) is 13.8 Å². The van der Waals surface area contributed by atoms with Crippen LogP contribution in [0.3, 0.4) is 0 Å². The summed E-state index contributed by atoms with van der Waals surface area (Å²) in [7, 11) is 0. The highest BCUT2D eigenvalue weighted by molar-refractivity contribution is 14.1. The molecule has 88 valence electrons. The van der Waals surface area contributed by atoms with Crippen LogP contribution in [0.4, 0.5) is 0 Å². The number of nitrogens with zero attached hydrogens (tertiary/aromatic N) is 1. The van der Waals surface area contributed by atoms with E-state index in [1.54, 1.807) is 11.3 Å². The van der Waals surface area contributed by atoms with E-state index in [1.165, 1.54) is 9.30 Å². The molecular weight excluding hydrogens is 333 g/mol. The lowest BCUT2D eigenvalue weighted by Gasteiger charge is -2.37. The van der Waals surface area contributed by atoms with Crippen molar-refractivity contribution in [2.45, 2.75) is 26.7 Å². The van der Waals surface area contributed by atoms with Crippen LogP contribution in [-0.4, -0.2) is 23.9 Å². The number of likely N-dealkylation sites (tertiary alicyclic amines) is 1. The molecule has 0 N–H and O–H groups in total. The van der Waals surface area contributed by atoms with Crippen molar-refractivity contribution in [3.63, 3.8) is 0 Å². The third kappa shape index (κ3) is 2.77. The maximum absolute atomic E-state index is 12.2. The maximum atomic E-state index is 12.2. The molecule has 1 aliphatic rings. The summed E-state index contributed by atoms with van der Waals surface area (Å²) in [6.07, 6.45) is 2.35. The van der Waals surface area contributed by atoms with Crippen LogP contribution < -0.4 is 0 Å². The first kappa shape index (κ1) is 12.4. The number of carbonyl (C=O) groups is 1. The van der Waals surface area contributed by atoms with E-state index >= 15 is 0 Å². The Bertz CT molecular complexity index is 399. The van der Waals surface area contributed by atoms with Gasteiger partial charge >= 0.3 is 0 Å². The standard InChI is InChI=1S/C12H16INOS/c1-12(2)4-3-5-14(8-12)11(15)9-6-10(13)16-7-9/h6-7H,3-5,8H2,1-2H3. The molecule has 2 heterocycles. The summed E-state index contributed by atoms with van der Waals surface area (Å²) in [5.74, 6) is 0.201.